The van der Waals surface area contributed by atoms with Crippen LogP contribution in [0.3, 0.4) is 0 Å². The fourth-order valence-corrected chi connectivity index (χ4v) is 6.61. The van der Waals surface area contributed by atoms with E-state index in [1.54, 1.807) is 18.2 Å². The van der Waals surface area contributed by atoms with Crippen LogP contribution < -0.4 is 10.1 Å². The fraction of sp³-hybridized carbons (Fsp3) is 0.480. The summed E-state index contributed by atoms with van der Waals surface area (Å²) in [6.45, 7) is 7.27. The van der Waals surface area contributed by atoms with Gasteiger partial charge in [0.15, 0.2) is 0 Å². The zero-order chi connectivity index (χ0) is 23.4. The summed E-state index contributed by atoms with van der Waals surface area (Å²) in [7, 11) is 1.53. The Bertz CT molecular complexity index is 1080. The van der Waals surface area contributed by atoms with Gasteiger partial charge >= 0.3 is 5.97 Å². The van der Waals surface area contributed by atoms with E-state index in [9.17, 15) is 15.0 Å². The van der Waals surface area contributed by atoms with Crippen LogP contribution in [0.4, 0.5) is 5.69 Å². The first kappa shape index (κ1) is 23.1. The number of phenols is 1. The Labute approximate surface area is 198 Å². The normalized spacial score (nSPS) is 25.7. The number of aromatic hydroxyl groups is 1. The quantitative estimate of drug-likeness (QED) is 0.419. The Hall–Kier alpha value is -2.11. The third kappa shape index (κ3) is 3.41. The molecule has 7 heteroatoms. The second-order valence-electron chi connectivity index (χ2n) is 9.82. The molecule has 172 valence electrons. The summed E-state index contributed by atoms with van der Waals surface area (Å²) in [5.74, 6) is 0.114. The maximum absolute atomic E-state index is 12.0. The molecular formula is C25H29Cl2NO4. The van der Waals surface area contributed by atoms with Crippen molar-refractivity contribution < 1.29 is 19.7 Å². The topological polar surface area (TPSA) is 78.8 Å². The van der Waals surface area contributed by atoms with Crippen LogP contribution in [0.15, 0.2) is 24.3 Å². The molecule has 3 N–H and O–H groups in total. The van der Waals surface area contributed by atoms with Crippen LogP contribution in [0, 0.1) is 16.7 Å². The molecule has 2 saturated carbocycles. The molecule has 2 aromatic rings. The molecule has 0 radical (unpaired) electrons. The Kier molecular flexibility index (Phi) is 5.79. The highest BCUT2D eigenvalue weighted by molar-refractivity contribution is 6.35. The molecule has 2 aliphatic carbocycles. The number of hydrogen-bond donors (Lipinski definition) is 3. The number of carboxylic acids is 1. The van der Waals surface area contributed by atoms with E-state index in [-0.39, 0.29) is 39.6 Å². The monoisotopic (exact) mass is 477 g/mol. The molecule has 0 saturated heterocycles. The molecule has 3 atom stereocenters. The predicted octanol–water partition coefficient (Wildman–Crippen LogP) is 6.95. The van der Waals surface area contributed by atoms with Crippen LogP contribution in [0.2, 0.25) is 10.0 Å². The number of phenolic OH excluding ortho intramolecular Hbond substituents is 1. The summed E-state index contributed by atoms with van der Waals surface area (Å²) in [6.07, 6.45) is 3.28. The summed E-state index contributed by atoms with van der Waals surface area (Å²) in [6, 6.07) is 6.53. The largest absolute Gasteiger partial charge is 0.506 e. The third-order valence-electron chi connectivity index (χ3n) is 8.35. The fourth-order valence-electron chi connectivity index (χ4n) is 6.07. The molecule has 0 amide bonds. The van der Waals surface area contributed by atoms with Crippen molar-refractivity contribution in [3.05, 3.63) is 51.0 Å². The van der Waals surface area contributed by atoms with Gasteiger partial charge in [-0.25, -0.2) is 4.79 Å². The SMILES string of the molecule is COc1c(C(=O)O)ccc(NCc2cc(Cl)cc(Cl)c2O)c1C1CC2CCC1(C)C2(C)C. The highest BCUT2D eigenvalue weighted by atomic mass is 35.5. The van der Waals surface area contributed by atoms with Gasteiger partial charge < -0.3 is 20.3 Å². The van der Waals surface area contributed by atoms with E-state index in [1.165, 1.54) is 19.6 Å². The van der Waals surface area contributed by atoms with E-state index in [4.69, 9.17) is 27.9 Å². The molecule has 0 aromatic heterocycles. The molecule has 2 bridgehead atoms. The van der Waals surface area contributed by atoms with Crippen molar-refractivity contribution in [2.24, 2.45) is 16.7 Å². The number of carboxylic acid groups (broad SMARTS) is 1. The van der Waals surface area contributed by atoms with E-state index in [0.29, 0.717) is 22.3 Å². The first-order valence-electron chi connectivity index (χ1n) is 10.9. The Morgan fingerprint density at radius 1 is 1.25 bits per heavy atom. The average molecular weight is 478 g/mol. The second-order valence-corrected chi connectivity index (χ2v) is 10.7. The van der Waals surface area contributed by atoms with Crippen LogP contribution in [0.5, 0.6) is 11.5 Å². The van der Waals surface area contributed by atoms with E-state index in [1.807, 2.05) is 0 Å². The minimum absolute atomic E-state index is 0.0211. The number of ether oxygens (including phenoxy) is 1. The van der Waals surface area contributed by atoms with Crippen molar-refractivity contribution in [1.29, 1.82) is 0 Å². The van der Waals surface area contributed by atoms with Gasteiger partial charge in [0, 0.05) is 28.4 Å². The van der Waals surface area contributed by atoms with Gasteiger partial charge in [-0.1, -0.05) is 44.0 Å². The summed E-state index contributed by atoms with van der Waals surface area (Å²) < 4.78 is 5.71. The van der Waals surface area contributed by atoms with Gasteiger partial charge in [-0.15, -0.1) is 0 Å². The summed E-state index contributed by atoms with van der Waals surface area (Å²) in [4.78, 5) is 12.0. The zero-order valence-electron chi connectivity index (χ0n) is 18.8. The number of hydrogen-bond acceptors (Lipinski definition) is 4. The number of carbonyl (C=O) groups is 1. The zero-order valence-corrected chi connectivity index (χ0v) is 20.3. The van der Waals surface area contributed by atoms with Gasteiger partial charge in [0.25, 0.3) is 0 Å². The summed E-state index contributed by atoms with van der Waals surface area (Å²) in [5.41, 5.74) is 2.60. The van der Waals surface area contributed by atoms with Crippen LogP contribution in [-0.2, 0) is 6.54 Å². The van der Waals surface area contributed by atoms with Crippen molar-refractivity contribution in [3.8, 4) is 11.5 Å². The molecule has 2 fully saturated rings. The molecule has 0 aliphatic heterocycles. The maximum Gasteiger partial charge on any atom is 0.339 e. The van der Waals surface area contributed by atoms with E-state index >= 15 is 0 Å². The van der Waals surface area contributed by atoms with Crippen LogP contribution in [-0.4, -0.2) is 23.3 Å². The number of halogens is 2. The van der Waals surface area contributed by atoms with Gasteiger partial charge in [-0.2, -0.15) is 0 Å². The molecule has 32 heavy (non-hydrogen) atoms. The summed E-state index contributed by atoms with van der Waals surface area (Å²) >= 11 is 12.2. The van der Waals surface area contributed by atoms with Crippen molar-refractivity contribution in [1.82, 2.24) is 0 Å². The number of fused-ring (bicyclic) bond motifs is 2. The van der Waals surface area contributed by atoms with E-state index in [0.717, 1.165) is 24.1 Å². The first-order valence-corrected chi connectivity index (χ1v) is 11.6. The molecule has 0 heterocycles. The van der Waals surface area contributed by atoms with Gasteiger partial charge in [-0.05, 0) is 66.2 Å². The highest BCUT2D eigenvalue weighted by Gasteiger charge is 2.62. The maximum atomic E-state index is 12.0. The minimum Gasteiger partial charge on any atom is -0.506 e. The smallest absolute Gasteiger partial charge is 0.339 e. The third-order valence-corrected chi connectivity index (χ3v) is 8.86. The van der Waals surface area contributed by atoms with E-state index < -0.39 is 5.97 Å². The number of anilines is 1. The summed E-state index contributed by atoms with van der Waals surface area (Å²) in [5, 5.41) is 24.2. The lowest BCUT2D eigenvalue weighted by Gasteiger charge is -2.40. The average Bonchev–Trinajstić information content (AvgIpc) is 3.07. The Morgan fingerprint density at radius 3 is 2.53 bits per heavy atom. The molecule has 5 nitrogen and oxygen atoms in total. The van der Waals surface area contributed by atoms with Gasteiger partial charge in [-0.3, -0.25) is 0 Å². The van der Waals surface area contributed by atoms with Gasteiger partial charge in [0.2, 0.25) is 0 Å². The van der Waals surface area contributed by atoms with Crippen molar-refractivity contribution in [2.45, 2.75) is 52.5 Å². The van der Waals surface area contributed by atoms with Crippen LogP contribution in [0.1, 0.15) is 67.4 Å². The van der Waals surface area contributed by atoms with Crippen LogP contribution >= 0.6 is 23.2 Å². The lowest BCUT2D eigenvalue weighted by Crippen LogP contribution is -2.32. The molecular weight excluding hydrogens is 449 g/mol. The lowest BCUT2D eigenvalue weighted by molar-refractivity contribution is 0.0692. The number of benzene rings is 2. The molecule has 2 aliphatic rings. The highest BCUT2D eigenvalue weighted by Crippen LogP contribution is 2.72. The van der Waals surface area contributed by atoms with Gasteiger partial charge in [0.05, 0.1) is 12.1 Å². The molecule has 0 spiro atoms. The second kappa shape index (κ2) is 8.03. The van der Waals surface area contributed by atoms with Crippen molar-refractivity contribution in [3.63, 3.8) is 0 Å². The molecule has 2 aromatic carbocycles. The molecule has 3 unspecified atom stereocenters. The number of rotatable bonds is 6. The predicted molar refractivity (Wildman–Crippen MR) is 127 cm³/mol. The molecule has 4 rings (SSSR count). The minimum atomic E-state index is -1.01. The lowest BCUT2D eigenvalue weighted by atomic mass is 9.64. The Morgan fingerprint density at radius 2 is 1.97 bits per heavy atom. The van der Waals surface area contributed by atoms with Crippen LogP contribution in [0.25, 0.3) is 0 Å². The number of aromatic carboxylic acids is 1. The number of methoxy groups -OCH3 is 1. The van der Waals surface area contributed by atoms with Gasteiger partial charge in [0.1, 0.15) is 17.1 Å². The number of nitrogens with one attached hydrogen (secondary N) is 1. The first-order chi connectivity index (χ1) is 15.0. The Balaban J connectivity index is 1.80. The standard InChI is InChI=1S/C25H29Cl2NO4/c1-24(2)14-7-8-25(24,3)17(10-14)20-19(6-5-16(23(30)31)22(20)32-4)28-12-13-9-15(26)11-18(27)21(13)29/h5-6,9,11,14,17,28-29H,7-8,10,12H2,1-4H3,(H,30,31). The van der Waals surface area contributed by atoms with Crippen molar-refractivity contribution in [2.75, 3.05) is 12.4 Å². The van der Waals surface area contributed by atoms with E-state index in [2.05, 4.69) is 26.1 Å². The van der Waals surface area contributed by atoms with Crippen molar-refractivity contribution >= 4 is 34.9 Å².